The number of benzene rings is 1. The van der Waals surface area contributed by atoms with Crippen molar-refractivity contribution < 1.29 is 0 Å². The van der Waals surface area contributed by atoms with Gasteiger partial charge in [-0.15, -0.1) is 0 Å². The molecule has 6 heteroatoms. The summed E-state index contributed by atoms with van der Waals surface area (Å²) in [5, 5.41) is 1.09. The molecule has 2 aromatic heterocycles. The van der Waals surface area contributed by atoms with Crippen molar-refractivity contribution >= 4 is 34.2 Å². The number of pyridine rings is 1. The molecule has 0 radical (unpaired) electrons. The predicted octanol–water partition coefficient (Wildman–Crippen LogP) is 5.82. The van der Waals surface area contributed by atoms with Gasteiger partial charge in [0.2, 0.25) is 0 Å². The molecule has 0 amide bonds. The van der Waals surface area contributed by atoms with Gasteiger partial charge < -0.3 is 4.57 Å². The van der Waals surface area contributed by atoms with Gasteiger partial charge in [-0.25, -0.2) is 4.98 Å². The Balaban J connectivity index is 2.00. The quantitative estimate of drug-likeness (QED) is 0.552. The van der Waals surface area contributed by atoms with Gasteiger partial charge in [-0.3, -0.25) is 9.78 Å². The lowest BCUT2D eigenvalue weighted by molar-refractivity contribution is 0.203. The predicted molar refractivity (Wildman–Crippen MR) is 111 cm³/mol. The monoisotopic (exact) mass is 401 g/mol. The second kappa shape index (κ2) is 7.25. The third-order valence-corrected chi connectivity index (χ3v) is 6.15. The Morgan fingerprint density at radius 1 is 1.26 bits per heavy atom. The molecule has 1 aliphatic rings. The van der Waals surface area contributed by atoms with Crippen LogP contribution in [-0.2, 0) is 0 Å². The number of rotatable bonds is 4. The highest BCUT2D eigenvalue weighted by molar-refractivity contribution is 6.36. The molecule has 1 aliphatic carbocycles. The van der Waals surface area contributed by atoms with Crippen LogP contribution in [0.15, 0.2) is 35.3 Å². The van der Waals surface area contributed by atoms with Gasteiger partial charge in [0.15, 0.2) is 0 Å². The number of aromatic nitrogens is 3. The van der Waals surface area contributed by atoms with Crippen LogP contribution in [-0.4, -0.2) is 14.5 Å². The highest BCUT2D eigenvalue weighted by Crippen LogP contribution is 2.39. The third kappa shape index (κ3) is 3.15. The zero-order valence-corrected chi connectivity index (χ0v) is 16.9. The summed E-state index contributed by atoms with van der Waals surface area (Å²) in [5.74, 6) is 0.549. The van der Waals surface area contributed by atoms with Crippen LogP contribution in [0, 0.1) is 12.8 Å². The van der Waals surface area contributed by atoms with Gasteiger partial charge in [-0.1, -0.05) is 36.5 Å². The molecule has 0 spiro atoms. The van der Waals surface area contributed by atoms with Crippen molar-refractivity contribution in [2.24, 2.45) is 5.92 Å². The molecule has 0 bridgehead atoms. The Labute approximate surface area is 168 Å². The van der Waals surface area contributed by atoms with E-state index in [0.717, 1.165) is 17.5 Å². The lowest BCUT2D eigenvalue weighted by Crippen LogP contribution is -2.34. The van der Waals surface area contributed by atoms with Crippen molar-refractivity contribution in [1.29, 1.82) is 0 Å². The average Bonchev–Trinajstić information content (AvgIpc) is 2.60. The Kier molecular flexibility index (Phi) is 4.95. The first-order chi connectivity index (χ1) is 13.0. The van der Waals surface area contributed by atoms with Crippen LogP contribution in [0.5, 0.6) is 0 Å². The molecule has 140 valence electrons. The summed E-state index contributed by atoms with van der Waals surface area (Å²) in [6.45, 7) is 3.92. The molecule has 0 aliphatic heterocycles. The minimum atomic E-state index is -0.0133. The Hall–Kier alpha value is -1.91. The zero-order valence-electron chi connectivity index (χ0n) is 15.4. The summed E-state index contributed by atoms with van der Waals surface area (Å²) in [7, 11) is 0. The summed E-state index contributed by atoms with van der Waals surface area (Å²) in [4.78, 5) is 22.2. The average molecular weight is 402 g/mol. The second-order valence-electron chi connectivity index (χ2n) is 7.19. The van der Waals surface area contributed by atoms with Crippen LogP contribution in [0.3, 0.4) is 0 Å². The van der Waals surface area contributed by atoms with Crippen molar-refractivity contribution in [3.63, 3.8) is 0 Å². The largest absolute Gasteiger partial charge is 0.302 e. The Morgan fingerprint density at radius 3 is 2.67 bits per heavy atom. The SMILES string of the molecule is CC[C@@H](C1CCC1)n1c(=O)c(C)nc2c(-c3ccc(Cl)cc3Cl)nccc21. The topological polar surface area (TPSA) is 47.8 Å². The number of nitrogens with zero attached hydrogens (tertiary/aromatic N) is 3. The number of aryl methyl sites for hydroxylation is 1. The van der Waals surface area contributed by atoms with E-state index in [0.29, 0.717) is 32.9 Å². The van der Waals surface area contributed by atoms with Gasteiger partial charge in [0, 0.05) is 22.8 Å². The summed E-state index contributed by atoms with van der Waals surface area (Å²) < 4.78 is 1.94. The van der Waals surface area contributed by atoms with Gasteiger partial charge in [0.05, 0.1) is 16.2 Å². The molecule has 3 aromatic rings. The highest BCUT2D eigenvalue weighted by Gasteiger charge is 2.30. The molecule has 2 heterocycles. The molecular weight excluding hydrogens is 381 g/mol. The van der Waals surface area contributed by atoms with Crippen molar-refractivity contribution in [2.75, 3.05) is 0 Å². The maximum Gasteiger partial charge on any atom is 0.272 e. The molecule has 0 unspecified atom stereocenters. The van der Waals surface area contributed by atoms with Crippen LogP contribution in [0.2, 0.25) is 10.0 Å². The molecule has 27 heavy (non-hydrogen) atoms. The van der Waals surface area contributed by atoms with E-state index in [2.05, 4.69) is 16.9 Å². The summed E-state index contributed by atoms with van der Waals surface area (Å²) >= 11 is 12.5. The van der Waals surface area contributed by atoms with E-state index in [1.807, 2.05) is 16.7 Å². The Bertz CT molecular complexity index is 1070. The fraction of sp³-hybridized carbons (Fsp3) is 0.381. The summed E-state index contributed by atoms with van der Waals surface area (Å²) in [6.07, 6.45) is 6.24. The zero-order chi connectivity index (χ0) is 19.1. The molecule has 1 aromatic carbocycles. The fourth-order valence-electron chi connectivity index (χ4n) is 4.01. The molecule has 1 atom stereocenters. The van der Waals surface area contributed by atoms with Gasteiger partial charge in [-0.2, -0.15) is 0 Å². The van der Waals surface area contributed by atoms with Crippen LogP contribution in [0.4, 0.5) is 0 Å². The minimum Gasteiger partial charge on any atom is -0.302 e. The first-order valence-electron chi connectivity index (χ1n) is 9.34. The van der Waals surface area contributed by atoms with E-state index >= 15 is 0 Å². The fourth-order valence-corrected chi connectivity index (χ4v) is 4.50. The molecule has 1 saturated carbocycles. The molecule has 0 saturated heterocycles. The van der Waals surface area contributed by atoms with E-state index in [9.17, 15) is 4.79 Å². The van der Waals surface area contributed by atoms with E-state index in [1.165, 1.54) is 19.3 Å². The van der Waals surface area contributed by atoms with E-state index < -0.39 is 0 Å². The second-order valence-corrected chi connectivity index (χ2v) is 8.03. The number of hydrogen-bond acceptors (Lipinski definition) is 3. The van der Waals surface area contributed by atoms with Gasteiger partial charge >= 0.3 is 0 Å². The normalized spacial score (nSPS) is 15.7. The van der Waals surface area contributed by atoms with Gasteiger partial charge in [0.25, 0.3) is 5.56 Å². The van der Waals surface area contributed by atoms with E-state index in [1.54, 1.807) is 25.3 Å². The first kappa shape index (κ1) is 18.5. The first-order valence-corrected chi connectivity index (χ1v) is 10.1. The van der Waals surface area contributed by atoms with Crippen molar-refractivity contribution in [2.45, 2.75) is 45.6 Å². The van der Waals surface area contributed by atoms with Crippen molar-refractivity contribution in [1.82, 2.24) is 14.5 Å². The summed E-state index contributed by atoms with van der Waals surface area (Å²) in [6, 6.07) is 7.41. The van der Waals surface area contributed by atoms with E-state index in [4.69, 9.17) is 23.2 Å². The van der Waals surface area contributed by atoms with Gasteiger partial charge in [-0.05, 0) is 56.4 Å². The smallest absolute Gasteiger partial charge is 0.272 e. The van der Waals surface area contributed by atoms with Crippen LogP contribution >= 0.6 is 23.2 Å². The highest BCUT2D eigenvalue weighted by atomic mass is 35.5. The minimum absolute atomic E-state index is 0.0133. The van der Waals surface area contributed by atoms with Gasteiger partial charge in [0.1, 0.15) is 11.2 Å². The van der Waals surface area contributed by atoms with Crippen molar-refractivity contribution in [3.05, 3.63) is 56.6 Å². The molecular formula is C21H21Cl2N3O. The third-order valence-electron chi connectivity index (χ3n) is 5.60. The lowest BCUT2D eigenvalue weighted by atomic mass is 9.78. The molecule has 0 N–H and O–H groups in total. The summed E-state index contributed by atoms with van der Waals surface area (Å²) in [5.41, 5.74) is 3.44. The maximum atomic E-state index is 13.0. The lowest BCUT2D eigenvalue weighted by Gasteiger charge is -2.35. The molecule has 1 fully saturated rings. The number of hydrogen-bond donors (Lipinski definition) is 0. The Morgan fingerprint density at radius 2 is 2.04 bits per heavy atom. The van der Waals surface area contributed by atoms with E-state index in [-0.39, 0.29) is 11.6 Å². The molecule has 4 rings (SSSR count). The van der Waals surface area contributed by atoms with Crippen LogP contribution < -0.4 is 5.56 Å². The standard InChI is InChI=1S/C21H21Cl2N3O/c1-3-17(13-5-4-6-13)26-18-9-10-24-19(20(18)25-12(2)21(26)27)15-8-7-14(22)11-16(15)23/h7-11,13,17H,3-6H2,1-2H3/t17-/m0/s1. The van der Waals surface area contributed by atoms with Crippen molar-refractivity contribution in [3.8, 4) is 11.3 Å². The number of fused-ring (bicyclic) bond motifs is 1. The maximum absolute atomic E-state index is 13.0. The number of halogens is 2. The molecule has 4 nitrogen and oxygen atoms in total. The van der Waals surface area contributed by atoms with Crippen LogP contribution in [0.1, 0.15) is 44.3 Å². The van der Waals surface area contributed by atoms with Crippen LogP contribution in [0.25, 0.3) is 22.3 Å².